The molecular weight excluding hydrogens is 218 g/mol. The standard InChI is InChI=1S/C9H20BrNO/c1-3-11(5-4-6-12)8-9(2)7-10/h9,12H,3-8H2,1-2H3. The molecule has 0 aromatic rings. The van der Waals surface area contributed by atoms with Crippen molar-refractivity contribution in [1.82, 2.24) is 4.90 Å². The topological polar surface area (TPSA) is 23.5 Å². The van der Waals surface area contributed by atoms with Gasteiger partial charge < -0.3 is 10.0 Å². The predicted molar refractivity (Wildman–Crippen MR) is 56.8 cm³/mol. The zero-order chi connectivity index (χ0) is 9.40. The number of aliphatic hydroxyl groups excluding tert-OH is 1. The van der Waals surface area contributed by atoms with Crippen LogP contribution in [0.25, 0.3) is 0 Å². The lowest BCUT2D eigenvalue weighted by atomic mass is 10.2. The molecular formula is C9H20BrNO. The number of nitrogens with zero attached hydrogens (tertiary/aromatic N) is 1. The van der Waals surface area contributed by atoms with Crippen molar-refractivity contribution in [3.05, 3.63) is 0 Å². The number of alkyl halides is 1. The quantitative estimate of drug-likeness (QED) is 0.683. The molecule has 74 valence electrons. The van der Waals surface area contributed by atoms with Crippen LogP contribution in [-0.2, 0) is 0 Å². The molecule has 0 bridgehead atoms. The highest BCUT2D eigenvalue weighted by Gasteiger charge is 2.06. The highest BCUT2D eigenvalue weighted by Crippen LogP contribution is 2.03. The molecule has 0 spiro atoms. The minimum absolute atomic E-state index is 0.305. The Morgan fingerprint density at radius 3 is 2.58 bits per heavy atom. The molecule has 1 atom stereocenters. The van der Waals surface area contributed by atoms with Crippen LogP contribution >= 0.6 is 15.9 Å². The molecule has 0 heterocycles. The highest BCUT2D eigenvalue weighted by molar-refractivity contribution is 9.09. The lowest BCUT2D eigenvalue weighted by molar-refractivity contribution is 0.216. The molecule has 0 saturated heterocycles. The summed E-state index contributed by atoms with van der Waals surface area (Å²) in [7, 11) is 0. The van der Waals surface area contributed by atoms with E-state index in [-0.39, 0.29) is 0 Å². The van der Waals surface area contributed by atoms with E-state index in [1.54, 1.807) is 0 Å². The Bertz CT molecular complexity index is 101. The second-order valence-corrected chi connectivity index (χ2v) is 3.88. The molecule has 0 radical (unpaired) electrons. The predicted octanol–water partition coefficient (Wildman–Crippen LogP) is 1.72. The largest absolute Gasteiger partial charge is 0.396 e. The van der Waals surface area contributed by atoms with Crippen LogP contribution in [0.4, 0.5) is 0 Å². The third-order valence-corrected chi connectivity index (χ3v) is 3.02. The summed E-state index contributed by atoms with van der Waals surface area (Å²) in [5, 5.41) is 9.72. The Labute approximate surface area is 84.1 Å². The maximum absolute atomic E-state index is 8.67. The summed E-state index contributed by atoms with van der Waals surface area (Å²) >= 11 is 3.46. The van der Waals surface area contributed by atoms with Crippen molar-refractivity contribution >= 4 is 15.9 Å². The van der Waals surface area contributed by atoms with Crippen LogP contribution in [0.15, 0.2) is 0 Å². The molecule has 1 unspecified atom stereocenters. The van der Waals surface area contributed by atoms with Crippen molar-refractivity contribution in [3.8, 4) is 0 Å². The fourth-order valence-corrected chi connectivity index (χ4v) is 1.37. The van der Waals surface area contributed by atoms with E-state index in [0.29, 0.717) is 12.5 Å². The second-order valence-electron chi connectivity index (χ2n) is 3.23. The summed E-state index contributed by atoms with van der Waals surface area (Å²) < 4.78 is 0. The van der Waals surface area contributed by atoms with Crippen molar-refractivity contribution in [2.45, 2.75) is 20.3 Å². The van der Waals surface area contributed by atoms with Crippen LogP contribution in [0.1, 0.15) is 20.3 Å². The Balaban J connectivity index is 3.51. The molecule has 0 aliphatic rings. The molecule has 0 aromatic carbocycles. The van der Waals surface area contributed by atoms with E-state index in [1.807, 2.05) is 0 Å². The van der Waals surface area contributed by atoms with Gasteiger partial charge >= 0.3 is 0 Å². The van der Waals surface area contributed by atoms with Crippen LogP contribution in [0.3, 0.4) is 0 Å². The zero-order valence-corrected chi connectivity index (χ0v) is 9.68. The smallest absolute Gasteiger partial charge is 0.0443 e. The monoisotopic (exact) mass is 237 g/mol. The molecule has 0 aliphatic carbocycles. The van der Waals surface area contributed by atoms with E-state index in [1.165, 1.54) is 0 Å². The van der Waals surface area contributed by atoms with Gasteiger partial charge in [-0.2, -0.15) is 0 Å². The van der Waals surface area contributed by atoms with Gasteiger partial charge in [0.15, 0.2) is 0 Å². The number of rotatable bonds is 7. The molecule has 1 N–H and O–H groups in total. The van der Waals surface area contributed by atoms with E-state index >= 15 is 0 Å². The molecule has 0 amide bonds. The van der Waals surface area contributed by atoms with Crippen molar-refractivity contribution in [3.63, 3.8) is 0 Å². The lowest BCUT2D eigenvalue weighted by Crippen LogP contribution is -2.30. The zero-order valence-electron chi connectivity index (χ0n) is 8.09. The van der Waals surface area contributed by atoms with Crippen molar-refractivity contribution in [2.75, 3.05) is 31.6 Å². The molecule has 12 heavy (non-hydrogen) atoms. The normalized spacial score (nSPS) is 13.8. The highest BCUT2D eigenvalue weighted by atomic mass is 79.9. The first-order valence-electron chi connectivity index (χ1n) is 4.63. The van der Waals surface area contributed by atoms with Crippen molar-refractivity contribution < 1.29 is 5.11 Å². The van der Waals surface area contributed by atoms with Gasteiger partial charge in [-0.1, -0.05) is 29.8 Å². The summed E-state index contributed by atoms with van der Waals surface area (Å²) in [6.07, 6.45) is 0.892. The van der Waals surface area contributed by atoms with Gasteiger partial charge in [0.2, 0.25) is 0 Å². The van der Waals surface area contributed by atoms with E-state index in [2.05, 4.69) is 34.7 Å². The minimum Gasteiger partial charge on any atom is -0.396 e. The molecule has 2 nitrogen and oxygen atoms in total. The first kappa shape index (κ1) is 12.4. The maximum Gasteiger partial charge on any atom is 0.0443 e. The van der Waals surface area contributed by atoms with Crippen LogP contribution in [0.5, 0.6) is 0 Å². The first-order chi connectivity index (χ1) is 5.74. The summed E-state index contributed by atoms with van der Waals surface area (Å²) in [5.74, 6) is 0.698. The molecule has 0 rings (SSSR count). The Kier molecular flexibility index (Phi) is 8.29. The van der Waals surface area contributed by atoms with E-state index in [4.69, 9.17) is 5.11 Å². The van der Waals surface area contributed by atoms with E-state index in [9.17, 15) is 0 Å². The average molecular weight is 238 g/mol. The minimum atomic E-state index is 0.305. The molecule has 0 aromatic heterocycles. The van der Waals surface area contributed by atoms with Gasteiger partial charge in [-0.15, -0.1) is 0 Å². The van der Waals surface area contributed by atoms with Gasteiger partial charge in [-0.3, -0.25) is 0 Å². The second kappa shape index (κ2) is 8.02. The number of hydrogen-bond acceptors (Lipinski definition) is 2. The first-order valence-corrected chi connectivity index (χ1v) is 5.75. The summed E-state index contributed by atoms with van der Waals surface area (Å²) in [6, 6.07) is 0. The fraction of sp³-hybridized carbons (Fsp3) is 1.00. The number of hydrogen-bond donors (Lipinski definition) is 1. The van der Waals surface area contributed by atoms with Gasteiger partial charge in [0, 0.05) is 25.0 Å². The van der Waals surface area contributed by atoms with Gasteiger partial charge in [0.05, 0.1) is 0 Å². The Morgan fingerprint density at radius 1 is 1.50 bits per heavy atom. The SMILES string of the molecule is CCN(CCCO)CC(C)CBr. The maximum atomic E-state index is 8.67. The van der Waals surface area contributed by atoms with Crippen LogP contribution in [0.2, 0.25) is 0 Å². The van der Waals surface area contributed by atoms with Gasteiger partial charge in [-0.25, -0.2) is 0 Å². The van der Waals surface area contributed by atoms with Crippen molar-refractivity contribution in [2.24, 2.45) is 5.92 Å². The van der Waals surface area contributed by atoms with Crippen LogP contribution < -0.4 is 0 Å². The number of halogens is 1. The summed E-state index contributed by atoms with van der Waals surface area (Å²) in [5.41, 5.74) is 0. The van der Waals surface area contributed by atoms with E-state index in [0.717, 1.165) is 31.4 Å². The number of aliphatic hydroxyl groups is 1. The van der Waals surface area contributed by atoms with E-state index < -0.39 is 0 Å². The fourth-order valence-electron chi connectivity index (χ4n) is 1.16. The Morgan fingerprint density at radius 2 is 2.17 bits per heavy atom. The Hall–Kier alpha value is 0.400. The van der Waals surface area contributed by atoms with Crippen LogP contribution in [-0.4, -0.2) is 41.6 Å². The summed E-state index contributed by atoms with van der Waals surface area (Å²) in [4.78, 5) is 2.38. The average Bonchev–Trinajstić information content (AvgIpc) is 2.11. The molecule has 3 heteroatoms. The van der Waals surface area contributed by atoms with Gasteiger partial charge in [-0.05, 0) is 18.9 Å². The molecule has 0 saturated carbocycles. The lowest BCUT2D eigenvalue weighted by Gasteiger charge is -2.22. The van der Waals surface area contributed by atoms with Crippen LogP contribution in [0, 0.1) is 5.92 Å². The molecule has 0 fully saturated rings. The third-order valence-electron chi connectivity index (χ3n) is 1.91. The molecule has 0 aliphatic heterocycles. The van der Waals surface area contributed by atoms with Gasteiger partial charge in [0.25, 0.3) is 0 Å². The third kappa shape index (κ3) is 5.98. The van der Waals surface area contributed by atoms with Gasteiger partial charge in [0.1, 0.15) is 0 Å². The van der Waals surface area contributed by atoms with Crippen molar-refractivity contribution in [1.29, 1.82) is 0 Å². The summed E-state index contributed by atoms with van der Waals surface area (Å²) in [6.45, 7) is 7.93.